The van der Waals surface area contributed by atoms with E-state index in [4.69, 9.17) is 4.74 Å². The van der Waals surface area contributed by atoms with Gasteiger partial charge in [-0.05, 0) is 85.3 Å². The van der Waals surface area contributed by atoms with Gasteiger partial charge in [-0.1, -0.05) is 80.1 Å². The average Bonchev–Trinajstić information content (AvgIpc) is 3.31. The molecular formula is C36H43NO4. The van der Waals surface area contributed by atoms with Crippen LogP contribution < -0.4 is 0 Å². The van der Waals surface area contributed by atoms with Crippen molar-refractivity contribution in [2.45, 2.75) is 84.9 Å². The Morgan fingerprint density at radius 2 is 1.54 bits per heavy atom. The second-order valence-corrected chi connectivity index (χ2v) is 13.6. The summed E-state index contributed by atoms with van der Waals surface area (Å²) in [7, 11) is 0. The molecule has 1 amide bonds. The second kappa shape index (κ2) is 10.9. The zero-order chi connectivity index (χ0) is 28.8. The predicted molar refractivity (Wildman–Crippen MR) is 159 cm³/mol. The van der Waals surface area contributed by atoms with Crippen LogP contribution in [0, 0.1) is 34.5 Å². The van der Waals surface area contributed by atoms with Crippen molar-refractivity contribution in [3.05, 3.63) is 83.4 Å². The summed E-state index contributed by atoms with van der Waals surface area (Å²) in [6, 6.07) is 20.1. The lowest BCUT2D eigenvalue weighted by molar-refractivity contribution is -0.146. The number of Topliss-reactive ketones (excluding diaryl/α,β-unsaturated/α-hetero) is 1. The van der Waals surface area contributed by atoms with E-state index in [-0.39, 0.29) is 46.4 Å². The maximum atomic E-state index is 14.2. The summed E-state index contributed by atoms with van der Waals surface area (Å²) >= 11 is 0. The predicted octanol–water partition coefficient (Wildman–Crippen LogP) is 7.54. The van der Waals surface area contributed by atoms with Gasteiger partial charge in [-0.2, -0.15) is 0 Å². The Morgan fingerprint density at radius 3 is 2.15 bits per heavy atom. The number of fused-ring (bicyclic) bond motifs is 5. The molecule has 4 unspecified atom stereocenters. The fraction of sp³-hybridized carbons (Fsp3) is 0.528. The van der Waals surface area contributed by atoms with E-state index in [1.54, 1.807) is 6.92 Å². The molecule has 0 aromatic heterocycles. The molecule has 216 valence electrons. The van der Waals surface area contributed by atoms with Crippen molar-refractivity contribution < 1.29 is 19.1 Å². The third-order valence-corrected chi connectivity index (χ3v) is 11.3. The van der Waals surface area contributed by atoms with Crippen molar-refractivity contribution >= 4 is 17.7 Å². The number of ketones is 2. The van der Waals surface area contributed by atoms with Gasteiger partial charge in [0.25, 0.3) is 0 Å². The van der Waals surface area contributed by atoms with Crippen LogP contribution >= 0.6 is 0 Å². The first-order chi connectivity index (χ1) is 19.7. The lowest BCUT2D eigenvalue weighted by Gasteiger charge is -2.60. The smallest absolute Gasteiger partial charge is 0.410 e. The SMILES string of the molecule is CC(=O)[C@H]1CCC2C3CCC4=CC(=O)CC[C@]4(C)C3C(OC(=O)N(Cc3ccccc3)Cc3ccccc3)C[C@@]21C. The third kappa shape index (κ3) is 5.06. The Labute approximate surface area is 244 Å². The normalized spacial score (nSPS) is 34.1. The van der Waals surface area contributed by atoms with E-state index in [0.717, 1.165) is 43.2 Å². The highest BCUT2D eigenvalue weighted by Crippen LogP contribution is 2.67. The topological polar surface area (TPSA) is 63.7 Å². The minimum Gasteiger partial charge on any atom is -0.446 e. The van der Waals surface area contributed by atoms with Crippen LogP contribution in [0.4, 0.5) is 4.79 Å². The highest BCUT2D eigenvalue weighted by atomic mass is 16.6. The number of amides is 1. The van der Waals surface area contributed by atoms with Crippen molar-refractivity contribution in [3.63, 3.8) is 0 Å². The number of carbonyl (C=O) groups is 3. The van der Waals surface area contributed by atoms with Gasteiger partial charge >= 0.3 is 6.09 Å². The lowest BCUT2D eigenvalue weighted by Crippen LogP contribution is -2.58. The minimum absolute atomic E-state index is 0.0112. The van der Waals surface area contributed by atoms with Gasteiger partial charge in [0.2, 0.25) is 0 Å². The molecule has 0 spiro atoms. The molecular weight excluding hydrogens is 510 g/mol. The maximum absolute atomic E-state index is 14.2. The maximum Gasteiger partial charge on any atom is 0.410 e. The van der Waals surface area contributed by atoms with Crippen LogP contribution in [0.1, 0.15) is 76.8 Å². The van der Waals surface area contributed by atoms with Crippen LogP contribution in [0.3, 0.4) is 0 Å². The van der Waals surface area contributed by atoms with Gasteiger partial charge in [-0.25, -0.2) is 4.79 Å². The summed E-state index contributed by atoms with van der Waals surface area (Å²) in [5.74, 6) is 1.47. The van der Waals surface area contributed by atoms with Gasteiger partial charge in [0.05, 0.1) is 0 Å². The first kappa shape index (κ1) is 27.9. The van der Waals surface area contributed by atoms with E-state index in [9.17, 15) is 14.4 Å². The summed E-state index contributed by atoms with van der Waals surface area (Å²) in [5, 5.41) is 0. The zero-order valence-electron chi connectivity index (χ0n) is 24.7. The molecule has 4 aliphatic carbocycles. The van der Waals surface area contributed by atoms with Gasteiger partial charge in [-0.3, -0.25) is 14.5 Å². The van der Waals surface area contributed by atoms with E-state index < -0.39 is 0 Å². The molecule has 0 aliphatic heterocycles. The molecule has 0 N–H and O–H groups in total. The molecule has 5 nitrogen and oxygen atoms in total. The Hall–Kier alpha value is -3.21. The Bertz CT molecular complexity index is 1290. The van der Waals surface area contributed by atoms with Crippen LogP contribution in [0.2, 0.25) is 0 Å². The number of allylic oxidation sites excluding steroid dienone is 1. The lowest BCUT2D eigenvalue weighted by atomic mass is 9.46. The minimum atomic E-state index is -0.301. The highest BCUT2D eigenvalue weighted by molar-refractivity contribution is 5.91. The van der Waals surface area contributed by atoms with Crippen molar-refractivity contribution in [3.8, 4) is 0 Å². The molecule has 6 rings (SSSR count). The van der Waals surface area contributed by atoms with Gasteiger partial charge in [-0.15, -0.1) is 0 Å². The molecule has 7 atom stereocenters. The molecule has 41 heavy (non-hydrogen) atoms. The number of carbonyl (C=O) groups excluding carboxylic acids is 3. The van der Waals surface area contributed by atoms with Gasteiger partial charge in [0.15, 0.2) is 5.78 Å². The molecule has 0 heterocycles. The molecule has 0 saturated heterocycles. The van der Waals surface area contributed by atoms with Gasteiger partial charge < -0.3 is 4.74 Å². The number of benzene rings is 2. The molecule has 4 aliphatic rings. The van der Waals surface area contributed by atoms with Gasteiger partial charge in [0.1, 0.15) is 11.9 Å². The second-order valence-electron chi connectivity index (χ2n) is 13.6. The molecule has 0 bridgehead atoms. The molecule has 0 radical (unpaired) electrons. The fourth-order valence-corrected chi connectivity index (χ4v) is 9.43. The fourth-order valence-electron chi connectivity index (χ4n) is 9.43. The molecule has 5 heteroatoms. The Balaban J connectivity index is 1.35. The van der Waals surface area contributed by atoms with Crippen LogP contribution in [-0.2, 0) is 27.4 Å². The molecule has 2 aromatic carbocycles. The first-order valence-corrected chi connectivity index (χ1v) is 15.5. The van der Waals surface area contributed by atoms with Crippen molar-refractivity contribution in [2.75, 3.05) is 0 Å². The zero-order valence-corrected chi connectivity index (χ0v) is 24.7. The molecule has 3 saturated carbocycles. The number of hydrogen-bond acceptors (Lipinski definition) is 4. The standard InChI is InChI=1S/C36H43NO4/c1-24(38)30-16-17-31-29-15-14-27-20-28(39)18-19-35(27,2)33(29)32(21-36(30,31)3)41-34(40)37(22-25-10-6-4-7-11-25)23-26-12-8-5-9-13-26/h4-13,20,29-33H,14-19,21-23H2,1-3H3/t29?,30-,31?,32?,33?,35+,36-/m1/s1. The van der Waals surface area contributed by atoms with E-state index >= 15 is 0 Å². The average molecular weight is 554 g/mol. The third-order valence-electron chi connectivity index (χ3n) is 11.3. The largest absolute Gasteiger partial charge is 0.446 e. The van der Waals surface area contributed by atoms with E-state index in [1.807, 2.05) is 71.6 Å². The monoisotopic (exact) mass is 553 g/mol. The van der Waals surface area contributed by atoms with Crippen LogP contribution in [0.15, 0.2) is 72.3 Å². The number of ether oxygens (including phenoxy) is 1. The van der Waals surface area contributed by atoms with Crippen molar-refractivity contribution in [2.24, 2.45) is 34.5 Å². The number of nitrogens with zero attached hydrogens (tertiary/aromatic N) is 1. The quantitative estimate of drug-likeness (QED) is 0.371. The summed E-state index contributed by atoms with van der Waals surface area (Å²) in [6.07, 6.45) is 7.27. The van der Waals surface area contributed by atoms with Crippen LogP contribution in [0.5, 0.6) is 0 Å². The van der Waals surface area contributed by atoms with Gasteiger partial charge in [0, 0.05) is 31.3 Å². The van der Waals surface area contributed by atoms with Crippen molar-refractivity contribution in [1.82, 2.24) is 4.90 Å². The molecule has 3 fully saturated rings. The first-order valence-electron chi connectivity index (χ1n) is 15.5. The Morgan fingerprint density at radius 1 is 0.902 bits per heavy atom. The van der Waals surface area contributed by atoms with Crippen LogP contribution in [-0.4, -0.2) is 28.7 Å². The van der Waals surface area contributed by atoms with Crippen molar-refractivity contribution in [1.29, 1.82) is 0 Å². The van der Waals surface area contributed by atoms with Crippen LogP contribution in [0.25, 0.3) is 0 Å². The number of hydrogen-bond donors (Lipinski definition) is 0. The summed E-state index contributed by atoms with van der Waals surface area (Å²) in [6.45, 7) is 7.26. The summed E-state index contributed by atoms with van der Waals surface area (Å²) in [4.78, 5) is 41.3. The number of rotatable bonds is 6. The Kier molecular flexibility index (Phi) is 7.42. The van der Waals surface area contributed by atoms with E-state index in [0.29, 0.717) is 37.8 Å². The molecule has 2 aromatic rings. The summed E-state index contributed by atoms with van der Waals surface area (Å²) in [5.41, 5.74) is 3.01. The summed E-state index contributed by atoms with van der Waals surface area (Å²) < 4.78 is 6.67. The highest BCUT2D eigenvalue weighted by Gasteiger charge is 2.63. The van der Waals surface area contributed by atoms with E-state index in [2.05, 4.69) is 13.8 Å². The van der Waals surface area contributed by atoms with E-state index in [1.165, 1.54) is 5.57 Å².